The first kappa shape index (κ1) is 16.8. The fraction of sp³-hybridized carbons (Fsp3) is 0.333. The Kier molecular flexibility index (Phi) is 4.51. The number of nitrogens with zero attached hydrogens (tertiary/aromatic N) is 1. The number of hydrogen-bond acceptors (Lipinski definition) is 4. The Labute approximate surface area is 142 Å². The molecule has 0 fully saturated rings. The van der Waals surface area contributed by atoms with Gasteiger partial charge in [-0.1, -0.05) is 35.9 Å². The molecule has 0 aliphatic carbocycles. The average Bonchev–Trinajstić information content (AvgIpc) is 2.54. The van der Waals surface area contributed by atoms with E-state index in [1.165, 1.54) is 11.4 Å². The van der Waals surface area contributed by atoms with Crippen molar-refractivity contribution in [3.63, 3.8) is 0 Å². The molecule has 24 heavy (non-hydrogen) atoms. The van der Waals surface area contributed by atoms with E-state index in [1.807, 2.05) is 31.2 Å². The molecule has 0 bridgehead atoms. The Morgan fingerprint density at radius 1 is 1.25 bits per heavy atom. The van der Waals surface area contributed by atoms with Crippen LogP contribution in [0.15, 0.2) is 42.5 Å². The maximum atomic E-state index is 12.9. The van der Waals surface area contributed by atoms with Crippen LogP contribution in [-0.4, -0.2) is 27.2 Å². The molecule has 0 spiro atoms. The van der Waals surface area contributed by atoms with Gasteiger partial charge in [-0.2, -0.15) is 0 Å². The van der Waals surface area contributed by atoms with Crippen LogP contribution < -0.4 is 9.04 Å². The lowest BCUT2D eigenvalue weighted by molar-refractivity contribution is 0.166. The van der Waals surface area contributed by atoms with E-state index >= 15 is 0 Å². The third-order valence-corrected chi connectivity index (χ3v) is 5.99. The summed E-state index contributed by atoms with van der Waals surface area (Å²) in [6.07, 6.45) is -0.275. The standard InChI is InChI=1S/C18H21NO4S/c1-13-4-3-5-14(10-13)12-24(21,22)19-9-8-18(20)16-7-6-15(23-2)11-17(16)19/h3-7,10-11,18,20H,8-9,12H2,1-2H3. The van der Waals surface area contributed by atoms with E-state index in [9.17, 15) is 13.5 Å². The Balaban J connectivity index is 1.98. The predicted molar refractivity (Wildman–Crippen MR) is 93.7 cm³/mol. The van der Waals surface area contributed by atoms with Crippen molar-refractivity contribution >= 4 is 15.7 Å². The minimum absolute atomic E-state index is 0.0680. The summed E-state index contributed by atoms with van der Waals surface area (Å²) in [5.74, 6) is 0.500. The van der Waals surface area contributed by atoms with Crippen molar-refractivity contribution in [1.29, 1.82) is 0 Å². The maximum Gasteiger partial charge on any atom is 0.239 e. The van der Waals surface area contributed by atoms with E-state index < -0.39 is 16.1 Å². The number of anilines is 1. The van der Waals surface area contributed by atoms with Gasteiger partial charge >= 0.3 is 0 Å². The van der Waals surface area contributed by atoms with Crippen LogP contribution in [-0.2, 0) is 15.8 Å². The van der Waals surface area contributed by atoms with Gasteiger partial charge in [0.05, 0.1) is 24.7 Å². The molecule has 3 rings (SSSR count). The summed E-state index contributed by atoms with van der Waals surface area (Å²) in [6, 6.07) is 12.6. The largest absolute Gasteiger partial charge is 0.497 e. The van der Waals surface area contributed by atoms with Gasteiger partial charge in [0.15, 0.2) is 0 Å². The van der Waals surface area contributed by atoms with Gasteiger partial charge in [-0.15, -0.1) is 0 Å². The lowest BCUT2D eigenvalue weighted by atomic mass is 10.0. The summed E-state index contributed by atoms with van der Waals surface area (Å²) in [4.78, 5) is 0. The van der Waals surface area contributed by atoms with Crippen molar-refractivity contribution < 1.29 is 18.3 Å². The monoisotopic (exact) mass is 347 g/mol. The number of aliphatic hydroxyl groups excluding tert-OH is 1. The van der Waals surface area contributed by atoms with Crippen LogP contribution in [0, 0.1) is 6.92 Å². The molecule has 1 atom stereocenters. The van der Waals surface area contributed by atoms with Crippen molar-refractivity contribution in [2.24, 2.45) is 0 Å². The summed E-state index contributed by atoms with van der Waals surface area (Å²) < 4.78 is 32.5. The Morgan fingerprint density at radius 3 is 2.75 bits per heavy atom. The molecular weight excluding hydrogens is 326 g/mol. The predicted octanol–water partition coefficient (Wildman–Crippen LogP) is 2.78. The highest BCUT2D eigenvalue weighted by Gasteiger charge is 2.31. The highest BCUT2D eigenvalue weighted by atomic mass is 32.2. The molecule has 0 radical (unpaired) electrons. The van der Waals surface area contributed by atoms with Gasteiger partial charge in [0.1, 0.15) is 5.75 Å². The third kappa shape index (κ3) is 3.25. The van der Waals surface area contributed by atoms with E-state index in [-0.39, 0.29) is 12.3 Å². The summed E-state index contributed by atoms with van der Waals surface area (Å²) >= 11 is 0. The number of aliphatic hydroxyl groups is 1. The number of sulfonamides is 1. The van der Waals surface area contributed by atoms with Crippen LogP contribution in [0.25, 0.3) is 0 Å². The van der Waals surface area contributed by atoms with Gasteiger partial charge in [0.25, 0.3) is 0 Å². The van der Waals surface area contributed by atoms with Gasteiger partial charge in [0, 0.05) is 18.2 Å². The first-order chi connectivity index (χ1) is 11.4. The number of methoxy groups -OCH3 is 1. The van der Waals surface area contributed by atoms with E-state index in [2.05, 4.69) is 0 Å². The van der Waals surface area contributed by atoms with Gasteiger partial charge < -0.3 is 9.84 Å². The Hall–Kier alpha value is -2.05. The van der Waals surface area contributed by atoms with Crippen LogP contribution in [0.5, 0.6) is 5.75 Å². The first-order valence-electron chi connectivity index (χ1n) is 7.82. The first-order valence-corrected chi connectivity index (χ1v) is 9.43. The zero-order valence-corrected chi connectivity index (χ0v) is 14.6. The van der Waals surface area contributed by atoms with E-state index in [4.69, 9.17) is 4.74 Å². The molecular formula is C18H21NO4S. The van der Waals surface area contributed by atoms with Crippen LogP contribution in [0.1, 0.15) is 29.2 Å². The molecule has 0 saturated carbocycles. The normalized spacial score (nSPS) is 17.5. The van der Waals surface area contributed by atoms with Gasteiger partial charge in [-0.3, -0.25) is 4.31 Å². The minimum atomic E-state index is -3.55. The molecule has 1 N–H and O–H groups in total. The molecule has 128 valence electrons. The molecule has 2 aromatic carbocycles. The minimum Gasteiger partial charge on any atom is -0.497 e. The molecule has 1 heterocycles. The molecule has 6 heteroatoms. The van der Waals surface area contributed by atoms with Crippen LogP contribution in [0.4, 0.5) is 5.69 Å². The van der Waals surface area contributed by atoms with Crippen LogP contribution >= 0.6 is 0 Å². The second kappa shape index (κ2) is 6.45. The molecule has 1 aliphatic rings. The highest BCUT2D eigenvalue weighted by molar-refractivity contribution is 7.92. The van der Waals surface area contributed by atoms with E-state index in [0.717, 1.165) is 11.1 Å². The summed E-state index contributed by atoms with van der Waals surface area (Å²) in [5, 5.41) is 10.2. The van der Waals surface area contributed by atoms with Crippen molar-refractivity contribution in [1.82, 2.24) is 0 Å². The maximum absolute atomic E-state index is 12.9. The number of benzene rings is 2. The fourth-order valence-corrected chi connectivity index (χ4v) is 4.64. The molecule has 0 saturated heterocycles. The lowest BCUT2D eigenvalue weighted by Gasteiger charge is -2.33. The van der Waals surface area contributed by atoms with Crippen molar-refractivity contribution in [3.8, 4) is 5.75 Å². The fourth-order valence-electron chi connectivity index (χ4n) is 3.04. The SMILES string of the molecule is COc1ccc2c(c1)N(S(=O)(=O)Cc1cccc(C)c1)CCC2O. The number of fused-ring (bicyclic) bond motifs is 1. The summed E-state index contributed by atoms with van der Waals surface area (Å²) in [7, 11) is -2.01. The van der Waals surface area contributed by atoms with Crippen LogP contribution in [0.2, 0.25) is 0 Å². The average molecular weight is 347 g/mol. The molecule has 0 amide bonds. The van der Waals surface area contributed by atoms with Crippen LogP contribution in [0.3, 0.4) is 0 Å². The number of hydrogen-bond donors (Lipinski definition) is 1. The number of ether oxygens (including phenoxy) is 1. The summed E-state index contributed by atoms with van der Waals surface area (Å²) in [6.45, 7) is 2.20. The Morgan fingerprint density at radius 2 is 2.04 bits per heavy atom. The van der Waals surface area contributed by atoms with Crippen molar-refractivity contribution in [2.45, 2.75) is 25.2 Å². The lowest BCUT2D eigenvalue weighted by Crippen LogP contribution is -2.37. The molecule has 1 unspecified atom stereocenters. The molecule has 5 nitrogen and oxygen atoms in total. The van der Waals surface area contributed by atoms with E-state index in [0.29, 0.717) is 23.4 Å². The number of aryl methyl sites for hydroxylation is 1. The van der Waals surface area contributed by atoms with Gasteiger partial charge in [0.2, 0.25) is 10.0 Å². The van der Waals surface area contributed by atoms with Crippen molar-refractivity contribution in [2.75, 3.05) is 18.0 Å². The zero-order valence-electron chi connectivity index (χ0n) is 13.8. The molecule has 1 aliphatic heterocycles. The topological polar surface area (TPSA) is 66.8 Å². The Bertz CT molecular complexity index is 848. The quantitative estimate of drug-likeness (QED) is 0.923. The van der Waals surface area contributed by atoms with Gasteiger partial charge in [-0.25, -0.2) is 8.42 Å². The molecule has 2 aromatic rings. The second-order valence-electron chi connectivity index (χ2n) is 6.05. The van der Waals surface area contributed by atoms with Crippen molar-refractivity contribution in [3.05, 3.63) is 59.2 Å². The smallest absolute Gasteiger partial charge is 0.239 e. The summed E-state index contributed by atoms with van der Waals surface area (Å²) in [5.41, 5.74) is 2.90. The third-order valence-electron chi connectivity index (χ3n) is 4.24. The van der Waals surface area contributed by atoms with Gasteiger partial charge in [-0.05, 0) is 25.0 Å². The van der Waals surface area contributed by atoms with E-state index in [1.54, 1.807) is 18.2 Å². The second-order valence-corrected chi connectivity index (χ2v) is 7.94. The zero-order chi connectivity index (χ0) is 17.3. The molecule has 0 aromatic heterocycles. The number of rotatable bonds is 4. The highest BCUT2D eigenvalue weighted by Crippen LogP contribution is 2.38.